The fourth-order valence-corrected chi connectivity index (χ4v) is 0.953. The van der Waals surface area contributed by atoms with E-state index < -0.39 is 0 Å². The molecule has 0 saturated heterocycles. The zero-order valence-electron chi connectivity index (χ0n) is 7.16. The quantitative estimate of drug-likeness (QED) is 0.487. The van der Waals surface area contributed by atoms with Gasteiger partial charge < -0.3 is 4.74 Å². The second kappa shape index (κ2) is 4.42. The highest BCUT2D eigenvalue weighted by Crippen LogP contribution is 2.15. The Kier molecular flexibility index (Phi) is 3.18. The number of hydrogen-bond acceptors (Lipinski definition) is 1. The van der Waals surface area contributed by atoms with Crippen LogP contribution in [0.3, 0.4) is 0 Å². The van der Waals surface area contributed by atoms with E-state index in [2.05, 4.69) is 12.3 Å². The first kappa shape index (κ1) is 8.63. The minimum atomic E-state index is 0.0699. The molecule has 0 saturated carbocycles. The van der Waals surface area contributed by atoms with E-state index in [0.29, 0.717) is 0 Å². The summed E-state index contributed by atoms with van der Waals surface area (Å²) in [6.07, 6.45) is 1.55. The van der Waals surface area contributed by atoms with Gasteiger partial charge in [-0.05, 0) is 12.5 Å². The lowest BCUT2D eigenvalue weighted by molar-refractivity contribution is 0.165. The normalized spacial score (nSPS) is 11.4. The second-order valence-electron chi connectivity index (χ2n) is 2.51. The summed E-state index contributed by atoms with van der Waals surface area (Å²) in [6.45, 7) is 5.41. The monoisotopic (exact) mass is 160 g/mol. The first-order valence-electron chi connectivity index (χ1n) is 3.89. The SMILES string of the molecule is C=C=COC(C)c1ccccc1. The topological polar surface area (TPSA) is 9.23 Å². The fourth-order valence-electron chi connectivity index (χ4n) is 0.953. The van der Waals surface area contributed by atoms with Gasteiger partial charge in [-0.2, -0.15) is 0 Å². The zero-order chi connectivity index (χ0) is 8.81. The van der Waals surface area contributed by atoms with E-state index in [1.54, 1.807) is 0 Å². The van der Waals surface area contributed by atoms with Crippen molar-refractivity contribution in [3.63, 3.8) is 0 Å². The van der Waals surface area contributed by atoms with E-state index in [-0.39, 0.29) is 6.10 Å². The van der Waals surface area contributed by atoms with E-state index in [0.717, 1.165) is 5.56 Å². The van der Waals surface area contributed by atoms with Crippen molar-refractivity contribution in [3.8, 4) is 0 Å². The molecule has 1 atom stereocenters. The first-order chi connectivity index (χ1) is 5.84. The van der Waals surface area contributed by atoms with Crippen LogP contribution in [0.5, 0.6) is 0 Å². The van der Waals surface area contributed by atoms with Crippen LogP contribution in [-0.4, -0.2) is 0 Å². The van der Waals surface area contributed by atoms with Crippen LogP contribution in [0.2, 0.25) is 0 Å². The molecule has 0 spiro atoms. The van der Waals surface area contributed by atoms with Gasteiger partial charge in [-0.1, -0.05) is 42.6 Å². The molecular formula is C11H12O. The average Bonchev–Trinajstić information content (AvgIpc) is 2.15. The predicted molar refractivity (Wildman–Crippen MR) is 49.7 cm³/mol. The average molecular weight is 160 g/mol. The molecule has 0 amide bonds. The molecule has 12 heavy (non-hydrogen) atoms. The van der Waals surface area contributed by atoms with E-state index >= 15 is 0 Å². The van der Waals surface area contributed by atoms with Crippen LogP contribution >= 0.6 is 0 Å². The summed E-state index contributed by atoms with van der Waals surface area (Å²) in [7, 11) is 0. The third-order valence-corrected chi connectivity index (χ3v) is 1.62. The third-order valence-electron chi connectivity index (χ3n) is 1.62. The van der Waals surface area contributed by atoms with Gasteiger partial charge in [0.15, 0.2) is 0 Å². The van der Waals surface area contributed by atoms with Crippen LogP contribution in [0, 0.1) is 0 Å². The van der Waals surface area contributed by atoms with Gasteiger partial charge >= 0.3 is 0 Å². The van der Waals surface area contributed by atoms with Crippen molar-refractivity contribution in [2.75, 3.05) is 0 Å². The zero-order valence-corrected chi connectivity index (χ0v) is 7.16. The fraction of sp³-hybridized carbons (Fsp3) is 0.182. The highest BCUT2D eigenvalue weighted by atomic mass is 16.5. The molecule has 0 bridgehead atoms. The van der Waals surface area contributed by atoms with Gasteiger partial charge in [-0.3, -0.25) is 0 Å². The molecule has 0 N–H and O–H groups in total. The van der Waals surface area contributed by atoms with Crippen LogP contribution < -0.4 is 0 Å². The maximum Gasteiger partial charge on any atom is 0.125 e. The lowest BCUT2D eigenvalue weighted by atomic mass is 10.1. The molecule has 1 rings (SSSR count). The van der Waals surface area contributed by atoms with Crippen LogP contribution in [0.25, 0.3) is 0 Å². The Morgan fingerprint density at radius 2 is 2.08 bits per heavy atom. The van der Waals surface area contributed by atoms with E-state index in [1.807, 2.05) is 37.3 Å². The molecule has 0 aliphatic rings. The maximum absolute atomic E-state index is 5.28. The Hall–Kier alpha value is -1.46. The number of rotatable bonds is 3. The Morgan fingerprint density at radius 1 is 1.42 bits per heavy atom. The Bertz CT molecular complexity index is 270. The van der Waals surface area contributed by atoms with Crippen molar-refractivity contribution in [1.29, 1.82) is 0 Å². The summed E-state index contributed by atoms with van der Waals surface area (Å²) in [4.78, 5) is 0. The summed E-state index contributed by atoms with van der Waals surface area (Å²) in [5.74, 6) is 0. The molecule has 0 heterocycles. The van der Waals surface area contributed by atoms with Gasteiger partial charge in [0.25, 0.3) is 0 Å². The van der Waals surface area contributed by atoms with Gasteiger partial charge in [0, 0.05) is 0 Å². The van der Waals surface area contributed by atoms with Crippen molar-refractivity contribution < 1.29 is 4.74 Å². The summed E-state index contributed by atoms with van der Waals surface area (Å²) in [5.41, 5.74) is 3.73. The van der Waals surface area contributed by atoms with Crippen molar-refractivity contribution in [2.24, 2.45) is 0 Å². The number of ether oxygens (including phenoxy) is 1. The third kappa shape index (κ3) is 2.30. The molecule has 1 nitrogen and oxygen atoms in total. The molecule has 1 unspecified atom stereocenters. The minimum Gasteiger partial charge on any atom is -0.485 e. The number of benzene rings is 1. The van der Waals surface area contributed by atoms with E-state index in [4.69, 9.17) is 4.74 Å². The van der Waals surface area contributed by atoms with E-state index in [9.17, 15) is 0 Å². The van der Waals surface area contributed by atoms with Crippen molar-refractivity contribution in [1.82, 2.24) is 0 Å². The molecule has 62 valence electrons. The van der Waals surface area contributed by atoms with Gasteiger partial charge in [0.2, 0.25) is 0 Å². The highest BCUT2D eigenvalue weighted by Gasteiger charge is 2.01. The van der Waals surface area contributed by atoms with E-state index in [1.165, 1.54) is 6.26 Å². The summed E-state index contributed by atoms with van der Waals surface area (Å²) in [6, 6.07) is 10.0. The lowest BCUT2D eigenvalue weighted by Gasteiger charge is -2.09. The highest BCUT2D eigenvalue weighted by molar-refractivity contribution is 5.16. The molecular weight excluding hydrogens is 148 g/mol. The first-order valence-corrected chi connectivity index (χ1v) is 3.89. The van der Waals surface area contributed by atoms with Gasteiger partial charge in [-0.15, -0.1) is 0 Å². The van der Waals surface area contributed by atoms with Crippen LogP contribution in [0.15, 0.2) is 48.9 Å². The molecule has 1 aromatic carbocycles. The molecule has 0 fully saturated rings. The van der Waals surface area contributed by atoms with Crippen molar-refractivity contribution in [3.05, 3.63) is 54.5 Å². The largest absolute Gasteiger partial charge is 0.485 e. The molecule has 1 heteroatoms. The van der Waals surface area contributed by atoms with Gasteiger partial charge in [0.1, 0.15) is 12.4 Å². The molecule has 0 radical (unpaired) electrons. The molecule has 0 aromatic heterocycles. The predicted octanol–water partition coefficient (Wildman–Crippen LogP) is 3.06. The summed E-state index contributed by atoms with van der Waals surface area (Å²) < 4.78 is 5.28. The minimum absolute atomic E-state index is 0.0699. The maximum atomic E-state index is 5.28. The van der Waals surface area contributed by atoms with Crippen molar-refractivity contribution in [2.45, 2.75) is 13.0 Å². The van der Waals surface area contributed by atoms with Crippen LogP contribution in [0.1, 0.15) is 18.6 Å². The van der Waals surface area contributed by atoms with Gasteiger partial charge in [-0.25, -0.2) is 0 Å². The lowest BCUT2D eigenvalue weighted by Crippen LogP contribution is -1.93. The summed E-state index contributed by atoms with van der Waals surface area (Å²) >= 11 is 0. The Labute approximate surface area is 73.0 Å². The Balaban J connectivity index is 2.65. The van der Waals surface area contributed by atoms with Crippen molar-refractivity contribution >= 4 is 0 Å². The van der Waals surface area contributed by atoms with Crippen LogP contribution in [0.4, 0.5) is 0 Å². The molecule has 1 aromatic rings. The second-order valence-corrected chi connectivity index (χ2v) is 2.51. The smallest absolute Gasteiger partial charge is 0.125 e. The molecule has 0 aliphatic heterocycles. The number of hydrogen-bond donors (Lipinski definition) is 0. The standard InChI is InChI=1S/C11H12O/c1-3-9-12-10(2)11-7-5-4-6-8-11/h4-10H,1H2,2H3. The van der Waals surface area contributed by atoms with Crippen LogP contribution in [-0.2, 0) is 4.74 Å². The molecule has 0 aliphatic carbocycles. The van der Waals surface area contributed by atoms with Gasteiger partial charge in [0.05, 0.1) is 0 Å². The summed E-state index contributed by atoms with van der Waals surface area (Å²) in [5, 5.41) is 0. The Morgan fingerprint density at radius 3 is 2.67 bits per heavy atom.